The molecule has 8 heteroatoms. The maximum atomic E-state index is 12.9. The van der Waals surface area contributed by atoms with Crippen molar-refractivity contribution in [1.82, 2.24) is 10.2 Å². The summed E-state index contributed by atoms with van der Waals surface area (Å²) in [6.07, 6.45) is 1.80. The van der Waals surface area contributed by atoms with Crippen LogP contribution in [-0.2, 0) is 9.59 Å². The Kier molecular flexibility index (Phi) is 7.66. The van der Waals surface area contributed by atoms with Gasteiger partial charge >= 0.3 is 0 Å². The Bertz CT molecular complexity index is 700. The van der Waals surface area contributed by atoms with E-state index in [0.29, 0.717) is 48.7 Å². The van der Waals surface area contributed by atoms with Gasteiger partial charge in [0, 0.05) is 37.5 Å². The molecule has 1 aliphatic rings. The fourth-order valence-corrected chi connectivity index (χ4v) is 3.20. The third kappa shape index (κ3) is 5.37. The number of likely N-dealkylation sites (tertiary alicyclic amines) is 1. The van der Waals surface area contributed by atoms with E-state index in [9.17, 15) is 14.4 Å². The number of Topliss-reactive ketones (excluding diaryl/α,β-unsaturated/α-hetero) is 1. The van der Waals surface area contributed by atoms with Crippen molar-refractivity contribution in [2.24, 2.45) is 0 Å². The van der Waals surface area contributed by atoms with Crippen molar-refractivity contribution in [3.8, 4) is 17.2 Å². The Morgan fingerprint density at radius 3 is 2.04 bits per heavy atom. The topological polar surface area (TPSA) is 94.2 Å². The fourth-order valence-electron chi connectivity index (χ4n) is 3.20. The predicted molar refractivity (Wildman–Crippen MR) is 103 cm³/mol. The standard InChI is InChI=1S/C20H28N2O6/c1-13(23)5-6-18(24)21-15-7-9-22(10-8-15)20(25)14-11-16(26-2)19(28-4)17(12-14)27-3/h11-12,15H,5-10H2,1-4H3,(H,21,24). The monoisotopic (exact) mass is 392 g/mol. The molecule has 2 amide bonds. The van der Waals surface area contributed by atoms with Crippen LogP contribution in [-0.4, -0.2) is 63.0 Å². The molecule has 2 rings (SSSR count). The minimum Gasteiger partial charge on any atom is -0.493 e. The third-order valence-electron chi connectivity index (χ3n) is 4.76. The van der Waals surface area contributed by atoms with Crippen LogP contribution < -0.4 is 19.5 Å². The Morgan fingerprint density at radius 1 is 1.00 bits per heavy atom. The number of nitrogens with one attached hydrogen (secondary N) is 1. The molecule has 0 bridgehead atoms. The normalized spacial score (nSPS) is 14.4. The minimum absolute atomic E-state index is 0.000846. The number of nitrogens with zero attached hydrogens (tertiary/aromatic N) is 1. The number of ketones is 1. The zero-order valence-corrected chi connectivity index (χ0v) is 16.9. The highest BCUT2D eigenvalue weighted by atomic mass is 16.5. The summed E-state index contributed by atoms with van der Waals surface area (Å²) >= 11 is 0. The van der Waals surface area contributed by atoms with Gasteiger partial charge in [0.25, 0.3) is 5.91 Å². The third-order valence-corrected chi connectivity index (χ3v) is 4.76. The van der Waals surface area contributed by atoms with Crippen LogP contribution in [0, 0.1) is 0 Å². The van der Waals surface area contributed by atoms with Crippen LogP contribution >= 0.6 is 0 Å². The van der Waals surface area contributed by atoms with E-state index < -0.39 is 0 Å². The summed E-state index contributed by atoms with van der Waals surface area (Å²) in [5.74, 6) is 1.05. The minimum atomic E-state index is -0.124. The maximum absolute atomic E-state index is 12.9. The zero-order chi connectivity index (χ0) is 20.7. The van der Waals surface area contributed by atoms with Crippen molar-refractivity contribution < 1.29 is 28.6 Å². The van der Waals surface area contributed by atoms with Gasteiger partial charge in [-0.25, -0.2) is 0 Å². The van der Waals surface area contributed by atoms with Crippen molar-refractivity contribution in [3.05, 3.63) is 17.7 Å². The van der Waals surface area contributed by atoms with Crippen molar-refractivity contribution >= 4 is 17.6 Å². The number of rotatable bonds is 8. The van der Waals surface area contributed by atoms with Gasteiger partial charge < -0.3 is 29.2 Å². The maximum Gasteiger partial charge on any atom is 0.254 e. The molecule has 1 aliphatic heterocycles. The second-order valence-corrected chi connectivity index (χ2v) is 6.75. The van der Waals surface area contributed by atoms with Crippen molar-refractivity contribution in [1.29, 1.82) is 0 Å². The van der Waals surface area contributed by atoms with Crippen molar-refractivity contribution in [3.63, 3.8) is 0 Å². The van der Waals surface area contributed by atoms with Crippen LogP contribution in [0.1, 0.15) is 43.0 Å². The number of carbonyl (C=O) groups is 3. The lowest BCUT2D eigenvalue weighted by Crippen LogP contribution is -2.46. The molecular formula is C20H28N2O6. The lowest BCUT2D eigenvalue weighted by molar-refractivity contribution is -0.125. The molecule has 0 spiro atoms. The summed E-state index contributed by atoms with van der Waals surface area (Å²) in [5.41, 5.74) is 0.457. The van der Waals surface area contributed by atoms with Gasteiger partial charge in [0.15, 0.2) is 11.5 Å². The number of methoxy groups -OCH3 is 3. The first-order valence-corrected chi connectivity index (χ1v) is 9.27. The molecule has 0 aliphatic carbocycles. The average Bonchev–Trinajstić information content (AvgIpc) is 2.71. The summed E-state index contributed by atoms with van der Waals surface area (Å²) in [4.78, 5) is 37.5. The van der Waals surface area contributed by atoms with Gasteiger partial charge in [-0.2, -0.15) is 0 Å². The number of hydrogen-bond donors (Lipinski definition) is 1. The molecule has 1 heterocycles. The van der Waals surface area contributed by atoms with Crippen molar-refractivity contribution in [2.45, 2.75) is 38.6 Å². The summed E-state index contributed by atoms with van der Waals surface area (Å²) in [5, 5.41) is 2.94. The molecule has 0 atom stereocenters. The number of piperidine rings is 1. The molecular weight excluding hydrogens is 364 g/mol. The molecule has 1 saturated heterocycles. The van der Waals surface area contributed by atoms with Gasteiger partial charge in [-0.05, 0) is 31.9 Å². The number of carbonyl (C=O) groups excluding carboxylic acids is 3. The summed E-state index contributed by atoms with van der Waals surface area (Å²) in [7, 11) is 4.52. The molecule has 1 aromatic carbocycles. The lowest BCUT2D eigenvalue weighted by Gasteiger charge is -2.32. The molecule has 154 valence electrons. The van der Waals surface area contributed by atoms with Gasteiger partial charge in [-0.15, -0.1) is 0 Å². The van der Waals surface area contributed by atoms with Crippen LogP contribution in [0.3, 0.4) is 0 Å². The van der Waals surface area contributed by atoms with E-state index in [1.54, 1.807) is 17.0 Å². The summed E-state index contributed by atoms with van der Waals surface area (Å²) in [6.45, 7) is 2.54. The van der Waals surface area contributed by atoms with E-state index >= 15 is 0 Å². The molecule has 1 N–H and O–H groups in total. The van der Waals surface area contributed by atoms with E-state index in [2.05, 4.69) is 5.32 Å². The second kappa shape index (κ2) is 9.96. The molecule has 0 radical (unpaired) electrons. The van der Waals surface area contributed by atoms with Crippen LogP contribution in [0.5, 0.6) is 17.2 Å². The van der Waals surface area contributed by atoms with Gasteiger partial charge in [-0.3, -0.25) is 9.59 Å². The Balaban J connectivity index is 1.98. The van der Waals surface area contributed by atoms with Crippen LogP contribution in [0.2, 0.25) is 0 Å². The fraction of sp³-hybridized carbons (Fsp3) is 0.550. The van der Waals surface area contributed by atoms with Crippen LogP contribution in [0.4, 0.5) is 0 Å². The van der Waals surface area contributed by atoms with E-state index in [0.717, 1.165) is 0 Å². The van der Waals surface area contributed by atoms with E-state index in [1.807, 2.05) is 0 Å². The summed E-state index contributed by atoms with van der Waals surface area (Å²) in [6, 6.07) is 3.29. The molecule has 1 aromatic rings. The highest BCUT2D eigenvalue weighted by molar-refractivity contribution is 5.95. The van der Waals surface area contributed by atoms with Crippen molar-refractivity contribution in [2.75, 3.05) is 34.4 Å². The highest BCUT2D eigenvalue weighted by Gasteiger charge is 2.26. The lowest BCUT2D eigenvalue weighted by atomic mass is 10.0. The quantitative estimate of drug-likeness (QED) is 0.725. The number of benzene rings is 1. The first kappa shape index (κ1) is 21.5. The smallest absolute Gasteiger partial charge is 0.254 e. The molecule has 28 heavy (non-hydrogen) atoms. The number of hydrogen-bond acceptors (Lipinski definition) is 6. The second-order valence-electron chi connectivity index (χ2n) is 6.75. The summed E-state index contributed by atoms with van der Waals surface area (Å²) < 4.78 is 15.9. The van der Waals surface area contributed by atoms with Gasteiger partial charge in [0.2, 0.25) is 11.7 Å². The first-order chi connectivity index (χ1) is 13.4. The largest absolute Gasteiger partial charge is 0.493 e. The Morgan fingerprint density at radius 2 is 1.57 bits per heavy atom. The van der Waals surface area contributed by atoms with E-state index in [-0.39, 0.29) is 36.5 Å². The van der Waals surface area contributed by atoms with Crippen LogP contribution in [0.15, 0.2) is 12.1 Å². The molecule has 0 saturated carbocycles. The Hall–Kier alpha value is -2.77. The predicted octanol–water partition coefficient (Wildman–Crippen LogP) is 1.80. The van der Waals surface area contributed by atoms with Gasteiger partial charge in [0.1, 0.15) is 5.78 Å². The molecule has 0 aromatic heterocycles. The van der Waals surface area contributed by atoms with Gasteiger partial charge in [-0.1, -0.05) is 0 Å². The average molecular weight is 392 g/mol. The Labute approximate surface area is 165 Å². The van der Waals surface area contributed by atoms with Gasteiger partial charge in [0.05, 0.1) is 21.3 Å². The molecule has 8 nitrogen and oxygen atoms in total. The SMILES string of the molecule is COc1cc(C(=O)N2CCC(NC(=O)CCC(C)=O)CC2)cc(OC)c1OC. The molecule has 0 unspecified atom stereocenters. The highest BCUT2D eigenvalue weighted by Crippen LogP contribution is 2.38. The van der Waals surface area contributed by atoms with Crippen LogP contribution in [0.25, 0.3) is 0 Å². The zero-order valence-electron chi connectivity index (χ0n) is 16.9. The van der Waals surface area contributed by atoms with E-state index in [4.69, 9.17) is 14.2 Å². The number of amides is 2. The number of ether oxygens (including phenoxy) is 3. The van der Waals surface area contributed by atoms with E-state index in [1.165, 1.54) is 28.3 Å². The first-order valence-electron chi connectivity index (χ1n) is 9.27. The molecule has 1 fully saturated rings.